The maximum Gasteiger partial charge on any atom is 0.275 e. The summed E-state index contributed by atoms with van der Waals surface area (Å²) < 4.78 is 1.38. The first-order valence-corrected chi connectivity index (χ1v) is 8.57. The summed E-state index contributed by atoms with van der Waals surface area (Å²) in [7, 11) is 0. The number of nitrogens with zero attached hydrogens (tertiary/aromatic N) is 2. The number of halogens is 2. The van der Waals surface area contributed by atoms with Crippen LogP contribution in [0.3, 0.4) is 0 Å². The van der Waals surface area contributed by atoms with Crippen LogP contribution >= 0.6 is 23.2 Å². The number of rotatable bonds is 5. The van der Waals surface area contributed by atoms with Crippen LogP contribution in [0.15, 0.2) is 53.3 Å². The molecule has 0 bridgehead atoms. The van der Waals surface area contributed by atoms with Gasteiger partial charge >= 0.3 is 0 Å². The minimum atomic E-state index is -0.788. The Morgan fingerprint density at radius 2 is 1.88 bits per heavy atom. The molecule has 0 fully saturated rings. The van der Waals surface area contributed by atoms with Crippen LogP contribution in [0, 0.1) is 17.0 Å². The minimum absolute atomic E-state index is 0.288. The molecule has 0 saturated carbocycles. The van der Waals surface area contributed by atoms with Crippen molar-refractivity contribution >= 4 is 23.2 Å². The second-order valence-corrected chi connectivity index (χ2v) is 6.70. The highest BCUT2D eigenvalue weighted by Gasteiger charge is 2.29. The summed E-state index contributed by atoms with van der Waals surface area (Å²) in [5.74, 6) is -0.788. The van der Waals surface area contributed by atoms with Gasteiger partial charge in [-0.2, -0.15) is 0 Å². The largest absolute Gasteiger partial charge is 0.295 e. The van der Waals surface area contributed by atoms with Crippen LogP contribution in [0.2, 0.25) is 10.0 Å². The predicted octanol–water partition coefficient (Wildman–Crippen LogP) is 4.19. The molecule has 0 radical (unpaired) electrons. The molecule has 6 nitrogen and oxygen atoms in total. The number of aromatic amines is 1. The van der Waals surface area contributed by atoms with Gasteiger partial charge in [-0.3, -0.25) is 20.0 Å². The Hall–Kier alpha value is -2.57. The molecule has 8 heteroatoms. The minimum Gasteiger partial charge on any atom is -0.295 e. The van der Waals surface area contributed by atoms with Crippen LogP contribution in [0.4, 0.5) is 0 Å². The monoisotopic (exact) mass is 391 g/mol. The normalized spacial score (nSPS) is 12.1. The molecule has 1 aromatic heterocycles. The maximum atomic E-state index is 13.0. The van der Waals surface area contributed by atoms with Gasteiger partial charge in [-0.15, -0.1) is 0 Å². The van der Waals surface area contributed by atoms with E-state index in [0.717, 1.165) is 0 Å². The standard InChI is InChI=1S/C18H15Cl2N3O3/c1-11-17(18(24)23(21-11)13-5-3-2-4-6-13)15(10-22(25)26)14-8-7-12(19)9-16(14)20/h2-9,15,21H,10H2,1H3. The molecule has 0 aliphatic carbocycles. The molecule has 2 aromatic carbocycles. The summed E-state index contributed by atoms with van der Waals surface area (Å²) in [6.45, 7) is 1.26. The third-order valence-electron chi connectivity index (χ3n) is 4.15. The third kappa shape index (κ3) is 3.52. The zero-order valence-electron chi connectivity index (χ0n) is 13.8. The van der Waals surface area contributed by atoms with Crippen LogP contribution in [-0.4, -0.2) is 21.2 Å². The summed E-state index contributed by atoms with van der Waals surface area (Å²) in [5, 5.41) is 15.0. The van der Waals surface area contributed by atoms with Crippen LogP contribution in [0.25, 0.3) is 5.69 Å². The molecule has 1 unspecified atom stereocenters. The molecule has 3 aromatic rings. The summed E-state index contributed by atoms with van der Waals surface area (Å²) in [6, 6.07) is 13.8. The van der Waals surface area contributed by atoms with Crippen molar-refractivity contribution in [1.82, 2.24) is 9.78 Å². The molecule has 1 atom stereocenters. The lowest BCUT2D eigenvalue weighted by atomic mass is 9.91. The first kappa shape index (κ1) is 18.2. The van der Waals surface area contributed by atoms with Gasteiger partial charge in [0.25, 0.3) is 5.56 Å². The number of H-pyrrole nitrogens is 1. The Bertz CT molecular complexity index is 1010. The smallest absolute Gasteiger partial charge is 0.275 e. The van der Waals surface area contributed by atoms with E-state index in [2.05, 4.69) is 5.10 Å². The molecule has 3 rings (SSSR count). The van der Waals surface area contributed by atoms with Crippen molar-refractivity contribution in [3.8, 4) is 5.69 Å². The molecule has 1 N–H and O–H groups in total. The van der Waals surface area contributed by atoms with Crippen molar-refractivity contribution < 1.29 is 4.92 Å². The number of para-hydroxylation sites is 1. The molecule has 0 spiro atoms. The summed E-state index contributed by atoms with van der Waals surface area (Å²) in [5.41, 5.74) is 1.67. The van der Waals surface area contributed by atoms with Crippen molar-refractivity contribution in [3.63, 3.8) is 0 Å². The lowest BCUT2D eigenvalue weighted by Crippen LogP contribution is -2.24. The number of hydrogen-bond acceptors (Lipinski definition) is 3. The predicted molar refractivity (Wildman–Crippen MR) is 101 cm³/mol. The maximum absolute atomic E-state index is 13.0. The van der Waals surface area contributed by atoms with Gasteiger partial charge in [0.2, 0.25) is 6.54 Å². The van der Waals surface area contributed by atoms with E-state index in [9.17, 15) is 14.9 Å². The third-order valence-corrected chi connectivity index (χ3v) is 4.71. The van der Waals surface area contributed by atoms with Gasteiger partial charge in [-0.25, -0.2) is 4.68 Å². The molecule has 134 valence electrons. The lowest BCUT2D eigenvalue weighted by Gasteiger charge is -2.14. The summed E-state index contributed by atoms with van der Waals surface area (Å²) >= 11 is 12.2. The van der Waals surface area contributed by atoms with Crippen molar-refractivity contribution in [3.05, 3.63) is 95.9 Å². The van der Waals surface area contributed by atoms with E-state index >= 15 is 0 Å². The summed E-state index contributed by atoms with van der Waals surface area (Å²) in [4.78, 5) is 23.8. The Morgan fingerprint density at radius 3 is 2.50 bits per heavy atom. The van der Waals surface area contributed by atoms with Gasteiger partial charge in [0.15, 0.2) is 0 Å². The van der Waals surface area contributed by atoms with E-state index in [-0.39, 0.29) is 10.6 Å². The SMILES string of the molecule is Cc1[nH]n(-c2ccccc2)c(=O)c1C(C[N+](=O)[O-])c1ccc(Cl)cc1Cl. The van der Waals surface area contributed by atoms with Crippen molar-refractivity contribution in [2.45, 2.75) is 12.8 Å². The number of aryl methyl sites for hydroxylation is 1. The Labute approximate surface area is 159 Å². The van der Waals surface area contributed by atoms with Crippen LogP contribution in [0.5, 0.6) is 0 Å². The first-order valence-electron chi connectivity index (χ1n) is 7.82. The molecule has 26 heavy (non-hydrogen) atoms. The van der Waals surface area contributed by atoms with Crippen molar-refractivity contribution in [2.75, 3.05) is 6.54 Å². The highest BCUT2D eigenvalue weighted by molar-refractivity contribution is 6.35. The number of benzene rings is 2. The van der Waals surface area contributed by atoms with E-state index in [1.165, 1.54) is 10.7 Å². The van der Waals surface area contributed by atoms with E-state index in [1.807, 2.05) is 18.2 Å². The molecule has 0 aliphatic heterocycles. The van der Waals surface area contributed by atoms with Gasteiger partial charge in [0.05, 0.1) is 17.2 Å². The van der Waals surface area contributed by atoms with Crippen LogP contribution < -0.4 is 5.56 Å². The van der Waals surface area contributed by atoms with Crippen LogP contribution in [-0.2, 0) is 0 Å². The van der Waals surface area contributed by atoms with E-state index in [0.29, 0.717) is 27.5 Å². The van der Waals surface area contributed by atoms with Crippen LogP contribution in [0.1, 0.15) is 22.7 Å². The fraction of sp³-hybridized carbons (Fsp3) is 0.167. The molecule has 0 amide bonds. The Kier molecular flexibility index (Phi) is 5.15. The number of nitro groups is 1. The topological polar surface area (TPSA) is 80.9 Å². The quantitative estimate of drug-likeness (QED) is 0.522. The second-order valence-electron chi connectivity index (χ2n) is 5.86. The number of hydrogen-bond donors (Lipinski definition) is 1. The highest BCUT2D eigenvalue weighted by Crippen LogP contribution is 2.32. The van der Waals surface area contributed by atoms with Gasteiger partial charge in [0, 0.05) is 20.7 Å². The molecular weight excluding hydrogens is 377 g/mol. The Morgan fingerprint density at radius 1 is 1.19 bits per heavy atom. The molecular formula is C18H15Cl2N3O3. The van der Waals surface area contributed by atoms with E-state index < -0.39 is 17.4 Å². The second kappa shape index (κ2) is 7.35. The first-order chi connectivity index (χ1) is 12.4. The zero-order valence-corrected chi connectivity index (χ0v) is 15.3. The van der Waals surface area contributed by atoms with E-state index in [4.69, 9.17) is 23.2 Å². The number of nitrogens with one attached hydrogen (secondary N) is 1. The van der Waals surface area contributed by atoms with Gasteiger partial charge in [0.1, 0.15) is 0 Å². The average molecular weight is 392 g/mol. The number of aromatic nitrogens is 2. The average Bonchev–Trinajstić information content (AvgIpc) is 2.88. The van der Waals surface area contributed by atoms with Gasteiger partial charge in [-0.05, 0) is 36.8 Å². The fourth-order valence-corrected chi connectivity index (χ4v) is 3.55. The zero-order chi connectivity index (χ0) is 18.8. The highest BCUT2D eigenvalue weighted by atomic mass is 35.5. The van der Waals surface area contributed by atoms with Crippen molar-refractivity contribution in [1.29, 1.82) is 0 Å². The molecule has 1 heterocycles. The van der Waals surface area contributed by atoms with Gasteiger partial charge in [-0.1, -0.05) is 47.5 Å². The molecule has 0 aliphatic rings. The lowest BCUT2D eigenvalue weighted by molar-refractivity contribution is -0.481. The van der Waals surface area contributed by atoms with E-state index in [1.54, 1.807) is 31.2 Å². The Balaban J connectivity index is 2.18. The molecule has 0 saturated heterocycles. The fourth-order valence-electron chi connectivity index (χ4n) is 3.01. The summed E-state index contributed by atoms with van der Waals surface area (Å²) in [6.07, 6.45) is 0. The van der Waals surface area contributed by atoms with Gasteiger partial charge < -0.3 is 0 Å². The van der Waals surface area contributed by atoms with Crippen molar-refractivity contribution in [2.24, 2.45) is 0 Å².